The number of hydrogen-bond donors (Lipinski definition) is 0. The molecular formula is C51H34N4S. The van der Waals surface area contributed by atoms with Crippen LogP contribution in [0.3, 0.4) is 0 Å². The minimum absolute atomic E-state index is 0.0256. The van der Waals surface area contributed by atoms with Crippen molar-refractivity contribution < 1.29 is 0 Å². The fraction of sp³-hybridized carbons (Fsp3) is 0.0392. The molecule has 1 aliphatic rings. The Hall–Kier alpha value is -6.95. The van der Waals surface area contributed by atoms with Gasteiger partial charge in [-0.3, -0.25) is 0 Å². The second-order valence-corrected chi connectivity index (χ2v) is 15.3. The molecule has 11 rings (SSSR count). The summed E-state index contributed by atoms with van der Waals surface area (Å²) in [7, 11) is 0. The zero-order valence-electron chi connectivity index (χ0n) is 30.4. The summed E-state index contributed by atoms with van der Waals surface area (Å²) >= 11 is 1.82. The van der Waals surface area contributed by atoms with E-state index in [-0.39, 0.29) is 5.92 Å². The Morgan fingerprint density at radius 1 is 0.482 bits per heavy atom. The number of thiophene rings is 1. The lowest BCUT2D eigenvalue weighted by Gasteiger charge is -2.18. The Balaban J connectivity index is 1.04. The van der Waals surface area contributed by atoms with Gasteiger partial charge >= 0.3 is 0 Å². The molecule has 1 aliphatic carbocycles. The number of allylic oxidation sites excluding steroid dienone is 4. The Kier molecular flexibility index (Phi) is 7.78. The van der Waals surface area contributed by atoms with E-state index in [1.165, 1.54) is 53.1 Å². The Bertz CT molecular complexity index is 3120. The van der Waals surface area contributed by atoms with E-state index in [2.05, 4.69) is 174 Å². The molecule has 1 unspecified atom stereocenters. The van der Waals surface area contributed by atoms with Crippen LogP contribution in [-0.4, -0.2) is 19.5 Å². The van der Waals surface area contributed by atoms with E-state index >= 15 is 0 Å². The Morgan fingerprint density at radius 2 is 1.05 bits per heavy atom. The van der Waals surface area contributed by atoms with Gasteiger partial charge in [0.25, 0.3) is 0 Å². The highest BCUT2D eigenvalue weighted by Gasteiger charge is 2.22. The normalized spacial score (nSPS) is 14.2. The quantitative estimate of drug-likeness (QED) is 0.171. The van der Waals surface area contributed by atoms with Gasteiger partial charge in [-0.1, -0.05) is 158 Å². The number of hydrogen-bond acceptors (Lipinski definition) is 4. The molecular weight excluding hydrogens is 701 g/mol. The van der Waals surface area contributed by atoms with E-state index in [0.717, 1.165) is 40.2 Å². The summed E-state index contributed by atoms with van der Waals surface area (Å²) in [6.07, 6.45) is 7.65. The van der Waals surface area contributed by atoms with Crippen molar-refractivity contribution in [2.45, 2.75) is 12.3 Å². The van der Waals surface area contributed by atoms with Crippen LogP contribution in [-0.2, 0) is 0 Å². The van der Waals surface area contributed by atoms with Crippen molar-refractivity contribution in [1.29, 1.82) is 0 Å². The second kappa shape index (κ2) is 13.4. The topological polar surface area (TPSA) is 43.6 Å². The summed E-state index contributed by atoms with van der Waals surface area (Å²) in [5, 5.41) is 4.98. The fourth-order valence-corrected chi connectivity index (χ4v) is 9.66. The van der Waals surface area contributed by atoms with Gasteiger partial charge in [-0.15, -0.1) is 11.3 Å². The maximum absolute atomic E-state index is 5.31. The number of fused-ring (bicyclic) bond motifs is 6. The molecule has 0 fully saturated rings. The molecule has 3 heterocycles. The standard InChI is InChI=1S/C51H34N4S/c1-3-15-33(16-4-1)39-25-13-26-42-43-27-14-28-44(48(43)56-47(39)42)51-53-49(34-17-5-2-6-18-34)52-50(54-51)37-21-11-19-35(31-37)36-20-12-22-38(32-36)55-45-29-9-7-23-40(45)41-24-8-10-30-46(41)55/h1-20,22-32,37H,21H2. The van der Waals surface area contributed by atoms with Gasteiger partial charge in [-0.05, 0) is 59.0 Å². The van der Waals surface area contributed by atoms with Gasteiger partial charge < -0.3 is 4.57 Å². The zero-order chi connectivity index (χ0) is 37.0. The maximum atomic E-state index is 5.31. The number of benzene rings is 7. The van der Waals surface area contributed by atoms with Gasteiger partial charge in [0.15, 0.2) is 11.6 Å². The molecule has 0 N–H and O–H groups in total. The number of aromatic nitrogens is 4. The largest absolute Gasteiger partial charge is 0.309 e. The summed E-state index contributed by atoms with van der Waals surface area (Å²) in [6.45, 7) is 0. The first-order valence-electron chi connectivity index (χ1n) is 19.1. The van der Waals surface area contributed by atoms with Crippen LogP contribution in [0.4, 0.5) is 0 Å². The molecule has 264 valence electrons. The molecule has 4 nitrogen and oxygen atoms in total. The first-order valence-corrected chi connectivity index (χ1v) is 19.9. The van der Waals surface area contributed by atoms with E-state index < -0.39 is 0 Å². The molecule has 5 heteroatoms. The minimum atomic E-state index is -0.0256. The smallest absolute Gasteiger partial charge is 0.165 e. The van der Waals surface area contributed by atoms with E-state index in [1.807, 2.05) is 29.5 Å². The lowest BCUT2D eigenvalue weighted by molar-refractivity contribution is 0.766. The SMILES string of the molecule is C1=CC(c2cccc(-n3c4ccccc4c4ccccc43)c2)=CC(c2nc(-c3ccccc3)nc(-c3cccc4c3sc3c(-c5ccccc5)cccc34)n2)C1. The van der Waals surface area contributed by atoms with E-state index in [0.29, 0.717) is 11.6 Å². The molecule has 0 amide bonds. The van der Waals surface area contributed by atoms with Crippen LogP contribution >= 0.6 is 11.3 Å². The third kappa shape index (κ3) is 5.47. The summed E-state index contributed by atoms with van der Waals surface area (Å²) in [5.74, 6) is 2.14. The highest BCUT2D eigenvalue weighted by Crippen LogP contribution is 2.44. The number of para-hydroxylation sites is 2. The van der Waals surface area contributed by atoms with Crippen LogP contribution < -0.4 is 0 Å². The van der Waals surface area contributed by atoms with Crippen LogP contribution in [0.15, 0.2) is 188 Å². The van der Waals surface area contributed by atoms with E-state index in [9.17, 15) is 0 Å². The van der Waals surface area contributed by atoms with Crippen molar-refractivity contribution in [3.63, 3.8) is 0 Å². The summed E-state index contributed by atoms with van der Waals surface area (Å²) in [6, 6.07) is 60.3. The number of nitrogens with zero attached hydrogens (tertiary/aromatic N) is 4. The van der Waals surface area contributed by atoms with Crippen molar-refractivity contribution in [3.8, 4) is 39.6 Å². The van der Waals surface area contributed by atoms with Crippen molar-refractivity contribution in [1.82, 2.24) is 19.5 Å². The van der Waals surface area contributed by atoms with Crippen LogP contribution in [0.2, 0.25) is 0 Å². The van der Waals surface area contributed by atoms with Crippen LogP contribution in [0.25, 0.3) is 87.1 Å². The van der Waals surface area contributed by atoms with Crippen molar-refractivity contribution >= 4 is 58.9 Å². The molecule has 10 aromatic rings. The molecule has 0 saturated heterocycles. The summed E-state index contributed by atoms with van der Waals surface area (Å²) in [5.41, 5.74) is 10.3. The Morgan fingerprint density at radius 3 is 1.79 bits per heavy atom. The molecule has 0 spiro atoms. The van der Waals surface area contributed by atoms with Gasteiger partial charge in [0.1, 0.15) is 5.82 Å². The average Bonchev–Trinajstić information content (AvgIpc) is 3.83. The highest BCUT2D eigenvalue weighted by molar-refractivity contribution is 7.26. The second-order valence-electron chi connectivity index (χ2n) is 14.3. The molecule has 0 bridgehead atoms. The van der Waals surface area contributed by atoms with E-state index in [4.69, 9.17) is 15.0 Å². The molecule has 3 aromatic heterocycles. The van der Waals surface area contributed by atoms with Crippen LogP contribution in [0.1, 0.15) is 23.7 Å². The van der Waals surface area contributed by atoms with Crippen molar-refractivity contribution in [3.05, 3.63) is 199 Å². The molecule has 0 aliphatic heterocycles. The van der Waals surface area contributed by atoms with Gasteiger partial charge in [0, 0.05) is 53.7 Å². The lowest BCUT2D eigenvalue weighted by Crippen LogP contribution is -2.09. The molecule has 7 aromatic carbocycles. The summed E-state index contributed by atoms with van der Waals surface area (Å²) < 4.78 is 4.83. The monoisotopic (exact) mass is 734 g/mol. The van der Waals surface area contributed by atoms with Gasteiger partial charge in [0.2, 0.25) is 0 Å². The first-order chi connectivity index (χ1) is 27.8. The summed E-state index contributed by atoms with van der Waals surface area (Å²) in [4.78, 5) is 15.7. The predicted octanol–water partition coefficient (Wildman–Crippen LogP) is 13.5. The first kappa shape index (κ1) is 32.5. The maximum Gasteiger partial charge on any atom is 0.165 e. The molecule has 1 atom stereocenters. The number of rotatable bonds is 6. The van der Waals surface area contributed by atoms with Crippen LogP contribution in [0.5, 0.6) is 0 Å². The molecule has 56 heavy (non-hydrogen) atoms. The predicted molar refractivity (Wildman–Crippen MR) is 234 cm³/mol. The molecule has 0 saturated carbocycles. The lowest BCUT2D eigenvalue weighted by atomic mass is 9.91. The van der Waals surface area contributed by atoms with Crippen LogP contribution in [0, 0.1) is 0 Å². The van der Waals surface area contributed by atoms with Crippen molar-refractivity contribution in [2.24, 2.45) is 0 Å². The highest BCUT2D eigenvalue weighted by atomic mass is 32.1. The van der Waals surface area contributed by atoms with Gasteiger partial charge in [0.05, 0.1) is 11.0 Å². The zero-order valence-corrected chi connectivity index (χ0v) is 31.2. The Labute approximate surface area is 328 Å². The average molecular weight is 735 g/mol. The van der Waals surface area contributed by atoms with Gasteiger partial charge in [-0.2, -0.15) is 0 Å². The third-order valence-corrected chi connectivity index (χ3v) is 12.2. The molecule has 0 radical (unpaired) electrons. The van der Waals surface area contributed by atoms with Crippen molar-refractivity contribution in [2.75, 3.05) is 0 Å². The fourth-order valence-electron chi connectivity index (χ4n) is 8.32. The van der Waals surface area contributed by atoms with Gasteiger partial charge in [-0.25, -0.2) is 15.0 Å². The van der Waals surface area contributed by atoms with E-state index in [1.54, 1.807) is 0 Å². The third-order valence-electron chi connectivity index (χ3n) is 11.0. The minimum Gasteiger partial charge on any atom is -0.309 e.